The van der Waals surface area contributed by atoms with Crippen molar-refractivity contribution in [3.63, 3.8) is 0 Å². The smallest absolute Gasteiger partial charge is 0.335 e. The molecule has 0 heterocycles. The lowest BCUT2D eigenvalue weighted by Crippen LogP contribution is -2.33. The summed E-state index contributed by atoms with van der Waals surface area (Å²) < 4.78 is 16.9. The van der Waals surface area contributed by atoms with E-state index in [0.717, 1.165) is 18.4 Å². The Morgan fingerprint density at radius 2 is 1.56 bits per heavy atom. The van der Waals surface area contributed by atoms with E-state index in [0.29, 0.717) is 31.5 Å². The molecule has 2 N–H and O–H groups in total. The summed E-state index contributed by atoms with van der Waals surface area (Å²) in [6, 6.07) is 0. The second kappa shape index (κ2) is 19.6. The zero-order chi connectivity index (χ0) is 26.8. The van der Waals surface area contributed by atoms with Gasteiger partial charge in [0.15, 0.2) is 0 Å². The number of unbranched alkanes of at least 4 members (excludes halogenated alkanes) is 2. The van der Waals surface area contributed by atoms with Crippen LogP contribution in [0.15, 0.2) is 24.3 Å². The average molecular weight is 511 g/mol. The zero-order valence-corrected chi connectivity index (χ0v) is 22.6. The number of methoxy groups -OCH3 is 1. The maximum atomic E-state index is 11.8. The summed E-state index contributed by atoms with van der Waals surface area (Å²) in [5.41, 5.74) is 0.329. The molecule has 2 rings (SSSR count). The third-order valence-electron chi connectivity index (χ3n) is 7.63. The first-order valence-corrected chi connectivity index (χ1v) is 13.7. The number of aldehydes is 1. The minimum Gasteiger partial charge on any atom is -0.462 e. The lowest BCUT2D eigenvalue weighted by Gasteiger charge is -2.39. The highest BCUT2D eigenvalue weighted by Gasteiger charge is 2.34. The highest BCUT2D eigenvalue weighted by atomic mass is 16.5. The van der Waals surface area contributed by atoms with Crippen LogP contribution in [0.4, 0.5) is 0 Å². The van der Waals surface area contributed by atoms with E-state index in [1.54, 1.807) is 7.11 Å². The summed E-state index contributed by atoms with van der Waals surface area (Å²) in [5, 5.41) is 17.0. The number of aliphatic hydroxyl groups is 2. The number of rotatable bonds is 15. The van der Waals surface area contributed by atoms with Crippen LogP contribution in [0.3, 0.4) is 0 Å². The third kappa shape index (κ3) is 12.6. The Kier molecular flexibility index (Phi) is 17.6. The molecule has 0 aromatic carbocycles. The molecule has 0 amide bonds. The van der Waals surface area contributed by atoms with Crippen LogP contribution < -0.4 is 0 Å². The largest absolute Gasteiger partial charge is 0.462 e. The van der Waals surface area contributed by atoms with Crippen LogP contribution >= 0.6 is 0 Å². The Morgan fingerprint density at radius 3 is 2.03 bits per heavy atom. The van der Waals surface area contributed by atoms with Gasteiger partial charge in [0.1, 0.15) is 6.29 Å². The van der Waals surface area contributed by atoms with Crippen LogP contribution in [0.25, 0.3) is 0 Å². The Balaban J connectivity index is 0.000000960. The van der Waals surface area contributed by atoms with Crippen LogP contribution in [0.2, 0.25) is 0 Å². The van der Waals surface area contributed by atoms with E-state index < -0.39 is 5.97 Å². The van der Waals surface area contributed by atoms with Crippen molar-refractivity contribution in [3.8, 4) is 0 Å². The second-order valence-electron chi connectivity index (χ2n) is 10.3. The predicted octanol–water partition coefficient (Wildman–Crippen LogP) is 4.65. The fourth-order valence-electron chi connectivity index (χ4n) is 5.34. The molecule has 0 spiro atoms. The molecular formula is C29H50O7. The first-order chi connectivity index (χ1) is 17.4. The van der Waals surface area contributed by atoms with E-state index in [2.05, 4.69) is 20.1 Å². The van der Waals surface area contributed by atoms with Crippen molar-refractivity contribution in [1.29, 1.82) is 0 Å². The summed E-state index contributed by atoms with van der Waals surface area (Å²) in [6.07, 6.45) is 14.8. The molecule has 0 aromatic heterocycles. The highest BCUT2D eigenvalue weighted by Crippen LogP contribution is 2.42. The summed E-state index contributed by atoms with van der Waals surface area (Å²) >= 11 is 0. The quantitative estimate of drug-likeness (QED) is 0.143. The van der Waals surface area contributed by atoms with Gasteiger partial charge in [-0.15, -0.1) is 0 Å². The highest BCUT2D eigenvalue weighted by molar-refractivity contribution is 5.87. The van der Waals surface area contributed by atoms with E-state index >= 15 is 0 Å². The standard InChI is InChI=1S/C25H44O5.C4H6O2/c1-4-5-6-15-29-24-13-11-21(12-14-24)20-7-9-22(10-8-20)23(17-28-3)18-30-25(27)19(2)16-26;1-4(2-5)3-6/h20-24,26H,2,4-18H2,1,3H3;2,6H,1,3H2. The van der Waals surface area contributed by atoms with Crippen molar-refractivity contribution in [2.75, 3.05) is 40.1 Å². The number of aliphatic hydroxyl groups excluding tert-OH is 2. The Hall–Kier alpha value is -1.54. The summed E-state index contributed by atoms with van der Waals surface area (Å²) in [5.74, 6) is 1.95. The molecule has 1 unspecified atom stereocenters. The molecule has 0 saturated heterocycles. The second-order valence-corrected chi connectivity index (χ2v) is 10.3. The third-order valence-corrected chi connectivity index (χ3v) is 7.63. The average Bonchev–Trinajstić information content (AvgIpc) is 2.93. The van der Waals surface area contributed by atoms with Gasteiger partial charge in [-0.25, -0.2) is 4.79 Å². The molecule has 2 aliphatic carbocycles. The molecule has 2 saturated carbocycles. The number of esters is 1. The lowest BCUT2D eigenvalue weighted by atomic mass is 9.68. The Bertz CT molecular complexity index is 632. The molecule has 2 aliphatic rings. The van der Waals surface area contributed by atoms with Crippen LogP contribution in [-0.2, 0) is 23.8 Å². The van der Waals surface area contributed by atoms with Gasteiger partial charge >= 0.3 is 5.97 Å². The van der Waals surface area contributed by atoms with Crippen molar-refractivity contribution in [2.45, 2.75) is 83.7 Å². The zero-order valence-electron chi connectivity index (χ0n) is 22.6. The molecule has 36 heavy (non-hydrogen) atoms. The van der Waals surface area contributed by atoms with Gasteiger partial charge in [-0.3, -0.25) is 4.79 Å². The minimum absolute atomic E-state index is 0.111. The molecule has 208 valence electrons. The molecule has 0 aromatic rings. The summed E-state index contributed by atoms with van der Waals surface area (Å²) in [6.45, 7) is 10.2. The van der Waals surface area contributed by atoms with Crippen molar-refractivity contribution in [2.24, 2.45) is 23.7 Å². The Morgan fingerprint density at radius 1 is 0.944 bits per heavy atom. The van der Waals surface area contributed by atoms with E-state index in [-0.39, 0.29) is 30.3 Å². The van der Waals surface area contributed by atoms with Crippen LogP contribution in [0.5, 0.6) is 0 Å². The molecular weight excluding hydrogens is 460 g/mol. The molecule has 0 aliphatic heterocycles. The van der Waals surface area contributed by atoms with E-state index in [9.17, 15) is 9.59 Å². The van der Waals surface area contributed by atoms with Gasteiger partial charge < -0.3 is 24.4 Å². The van der Waals surface area contributed by atoms with Crippen molar-refractivity contribution >= 4 is 12.3 Å². The van der Waals surface area contributed by atoms with Crippen LogP contribution in [-0.4, -0.2) is 68.7 Å². The van der Waals surface area contributed by atoms with Crippen LogP contribution in [0.1, 0.15) is 77.6 Å². The van der Waals surface area contributed by atoms with Gasteiger partial charge in [0.05, 0.1) is 38.1 Å². The van der Waals surface area contributed by atoms with Gasteiger partial charge in [-0.05, 0) is 75.5 Å². The van der Waals surface area contributed by atoms with Gasteiger partial charge in [0.2, 0.25) is 0 Å². The fraction of sp³-hybridized carbons (Fsp3) is 0.793. The Labute approximate surface area is 218 Å². The monoisotopic (exact) mass is 510 g/mol. The van der Waals surface area contributed by atoms with Gasteiger partial charge in [-0.2, -0.15) is 0 Å². The van der Waals surface area contributed by atoms with Crippen molar-refractivity contribution < 1.29 is 34.0 Å². The van der Waals surface area contributed by atoms with E-state index in [4.69, 9.17) is 24.4 Å². The van der Waals surface area contributed by atoms with Crippen molar-refractivity contribution in [3.05, 3.63) is 24.3 Å². The molecule has 0 bridgehead atoms. The topological polar surface area (TPSA) is 102 Å². The van der Waals surface area contributed by atoms with Crippen LogP contribution in [0, 0.1) is 23.7 Å². The molecule has 2 fully saturated rings. The first-order valence-electron chi connectivity index (χ1n) is 13.7. The SMILES string of the molecule is C=C(C=O)CO.C=C(CO)C(=O)OCC(COC)C1CCC(C2CCC(OCCCCC)CC2)CC1. The van der Waals surface area contributed by atoms with Gasteiger partial charge in [-0.1, -0.05) is 32.9 Å². The molecule has 7 heteroatoms. The van der Waals surface area contributed by atoms with E-state index in [1.165, 1.54) is 70.6 Å². The molecule has 1 atom stereocenters. The number of hydrogen-bond donors (Lipinski definition) is 2. The predicted molar refractivity (Wildman–Crippen MR) is 142 cm³/mol. The first kappa shape index (κ1) is 32.5. The molecule has 0 radical (unpaired) electrons. The number of ether oxygens (including phenoxy) is 3. The van der Waals surface area contributed by atoms with Crippen molar-refractivity contribution in [1.82, 2.24) is 0 Å². The fourth-order valence-corrected chi connectivity index (χ4v) is 5.34. The summed E-state index contributed by atoms with van der Waals surface area (Å²) in [7, 11) is 1.70. The lowest BCUT2D eigenvalue weighted by molar-refractivity contribution is -0.142. The van der Waals surface area contributed by atoms with Gasteiger partial charge in [0.25, 0.3) is 0 Å². The maximum Gasteiger partial charge on any atom is 0.335 e. The maximum absolute atomic E-state index is 11.8. The number of carbonyl (C=O) groups is 2. The minimum atomic E-state index is -0.499. The number of hydrogen-bond acceptors (Lipinski definition) is 7. The molecule has 7 nitrogen and oxygen atoms in total. The van der Waals surface area contributed by atoms with E-state index in [1.807, 2.05) is 0 Å². The number of carbonyl (C=O) groups excluding carboxylic acids is 2. The van der Waals surface area contributed by atoms with Gasteiger partial charge in [0, 0.05) is 25.2 Å². The summed E-state index contributed by atoms with van der Waals surface area (Å²) in [4.78, 5) is 21.3. The normalized spacial score (nSPS) is 24.7.